The van der Waals surface area contributed by atoms with Gasteiger partial charge in [-0.25, -0.2) is 0 Å². The minimum Gasteiger partial charge on any atom is -0.382 e. The van der Waals surface area contributed by atoms with Crippen LogP contribution in [0.3, 0.4) is 0 Å². The van der Waals surface area contributed by atoms with Crippen molar-refractivity contribution in [1.29, 1.82) is 0 Å². The van der Waals surface area contributed by atoms with Crippen LogP contribution in [0.2, 0.25) is 0 Å². The van der Waals surface area contributed by atoms with Gasteiger partial charge in [-0.05, 0) is 50.4 Å². The fraction of sp³-hybridized carbons (Fsp3) is 0.600. The van der Waals surface area contributed by atoms with E-state index in [9.17, 15) is 0 Å². The number of nitrogens with zero attached hydrogens (tertiary/aromatic N) is 1. The second-order valence-corrected chi connectivity index (χ2v) is 5.17. The number of hydrogen-bond donors (Lipinski definition) is 1. The van der Waals surface area contributed by atoms with Gasteiger partial charge in [0.15, 0.2) is 0 Å². The molecule has 0 saturated carbocycles. The summed E-state index contributed by atoms with van der Waals surface area (Å²) >= 11 is 0. The first-order chi connectivity index (χ1) is 8.19. The smallest absolute Gasteiger partial charge is 0.0374 e. The normalized spacial score (nSPS) is 18.3. The molecule has 0 spiro atoms. The summed E-state index contributed by atoms with van der Waals surface area (Å²) in [7, 11) is 0. The van der Waals surface area contributed by atoms with E-state index in [4.69, 9.17) is 0 Å². The average Bonchev–Trinajstić information content (AvgIpc) is 2.35. The van der Waals surface area contributed by atoms with Gasteiger partial charge >= 0.3 is 0 Å². The Morgan fingerprint density at radius 3 is 2.59 bits per heavy atom. The molecular formula is C15H24N2. The molecule has 2 rings (SSSR count). The van der Waals surface area contributed by atoms with E-state index in [-0.39, 0.29) is 0 Å². The molecule has 0 amide bonds. The number of likely N-dealkylation sites (tertiary alicyclic amines) is 1. The Labute approximate surface area is 105 Å². The van der Waals surface area contributed by atoms with E-state index in [0.29, 0.717) is 6.04 Å². The SMILES string of the molecule is CCN1CCC(Nc2cc(C)ccc2C)CC1. The van der Waals surface area contributed by atoms with E-state index in [0.717, 1.165) is 0 Å². The summed E-state index contributed by atoms with van der Waals surface area (Å²) in [5.41, 5.74) is 4.01. The van der Waals surface area contributed by atoms with Crippen molar-refractivity contribution in [2.24, 2.45) is 0 Å². The largest absolute Gasteiger partial charge is 0.382 e. The molecule has 17 heavy (non-hydrogen) atoms. The lowest BCUT2D eigenvalue weighted by Crippen LogP contribution is -2.38. The van der Waals surface area contributed by atoms with Crippen molar-refractivity contribution in [2.75, 3.05) is 25.0 Å². The van der Waals surface area contributed by atoms with Crippen LogP contribution < -0.4 is 5.32 Å². The lowest BCUT2D eigenvalue weighted by Gasteiger charge is -2.32. The zero-order valence-electron chi connectivity index (χ0n) is 11.3. The third-order valence-corrected chi connectivity index (χ3v) is 3.79. The van der Waals surface area contributed by atoms with Crippen molar-refractivity contribution in [1.82, 2.24) is 4.90 Å². The van der Waals surface area contributed by atoms with Crippen LogP contribution in [0.1, 0.15) is 30.9 Å². The number of anilines is 1. The summed E-state index contributed by atoms with van der Waals surface area (Å²) in [6.07, 6.45) is 2.53. The Balaban J connectivity index is 1.95. The predicted molar refractivity (Wildman–Crippen MR) is 74.7 cm³/mol. The summed E-state index contributed by atoms with van der Waals surface area (Å²) in [4.78, 5) is 2.53. The van der Waals surface area contributed by atoms with Gasteiger partial charge in [0, 0.05) is 24.8 Å². The maximum Gasteiger partial charge on any atom is 0.0374 e. The van der Waals surface area contributed by atoms with Crippen molar-refractivity contribution in [3.8, 4) is 0 Å². The van der Waals surface area contributed by atoms with Crippen LogP contribution in [-0.4, -0.2) is 30.6 Å². The monoisotopic (exact) mass is 232 g/mol. The highest BCUT2D eigenvalue weighted by molar-refractivity contribution is 5.53. The predicted octanol–water partition coefficient (Wildman–Crippen LogP) is 3.20. The van der Waals surface area contributed by atoms with Crippen molar-refractivity contribution in [3.63, 3.8) is 0 Å². The lowest BCUT2D eigenvalue weighted by molar-refractivity contribution is 0.229. The zero-order valence-corrected chi connectivity index (χ0v) is 11.3. The third kappa shape index (κ3) is 3.22. The molecule has 2 nitrogen and oxygen atoms in total. The van der Waals surface area contributed by atoms with Gasteiger partial charge in [0.05, 0.1) is 0 Å². The number of hydrogen-bond acceptors (Lipinski definition) is 2. The molecule has 0 unspecified atom stereocenters. The van der Waals surface area contributed by atoms with Gasteiger partial charge < -0.3 is 10.2 Å². The molecule has 0 aromatic heterocycles. The molecule has 94 valence electrons. The van der Waals surface area contributed by atoms with Gasteiger partial charge in [0.2, 0.25) is 0 Å². The number of piperidine rings is 1. The first kappa shape index (κ1) is 12.4. The Morgan fingerprint density at radius 2 is 1.94 bits per heavy atom. The minimum atomic E-state index is 0.651. The first-order valence-corrected chi connectivity index (χ1v) is 6.75. The van der Waals surface area contributed by atoms with Crippen LogP contribution in [0.4, 0.5) is 5.69 Å². The Hall–Kier alpha value is -1.02. The highest BCUT2D eigenvalue weighted by atomic mass is 15.1. The summed E-state index contributed by atoms with van der Waals surface area (Å²) in [5, 5.41) is 3.71. The van der Waals surface area contributed by atoms with Gasteiger partial charge in [0.1, 0.15) is 0 Å². The molecule has 1 aromatic carbocycles. The highest BCUT2D eigenvalue weighted by Gasteiger charge is 2.18. The number of nitrogens with one attached hydrogen (secondary N) is 1. The first-order valence-electron chi connectivity index (χ1n) is 6.75. The van der Waals surface area contributed by atoms with E-state index < -0.39 is 0 Å². The van der Waals surface area contributed by atoms with Gasteiger partial charge in [-0.3, -0.25) is 0 Å². The number of benzene rings is 1. The van der Waals surface area contributed by atoms with Crippen molar-refractivity contribution in [2.45, 2.75) is 39.7 Å². The van der Waals surface area contributed by atoms with Crippen LogP contribution >= 0.6 is 0 Å². The molecule has 1 saturated heterocycles. The second-order valence-electron chi connectivity index (χ2n) is 5.17. The summed E-state index contributed by atoms with van der Waals surface area (Å²) in [5.74, 6) is 0. The second kappa shape index (κ2) is 5.54. The van der Waals surface area contributed by atoms with E-state index >= 15 is 0 Å². The maximum atomic E-state index is 3.71. The molecule has 1 heterocycles. The summed E-state index contributed by atoms with van der Waals surface area (Å²) < 4.78 is 0. The van der Waals surface area contributed by atoms with Gasteiger partial charge in [-0.2, -0.15) is 0 Å². The zero-order chi connectivity index (χ0) is 12.3. The molecule has 2 heteroatoms. The van der Waals surface area contributed by atoms with Crippen LogP contribution in [0.25, 0.3) is 0 Å². The minimum absolute atomic E-state index is 0.651. The van der Waals surface area contributed by atoms with E-state index in [2.05, 4.69) is 49.2 Å². The molecule has 1 N–H and O–H groups in total. The van der Waals surface area contributed by atoms with E-state index in [1.807, 2.05) is 0 Å². The molecule has 0 bridgehead atoms. The maximum absolute atomic E-state index is 3.71. The number of rotatable bonds is 3. The molecule has 1 fully saturated rings. The van der Waals surface area contributed by atoms with Crippen molar-refractivity contribution < 1.29 is 0 Å². The van der Waals surface area contributed by atoms with Crippen molar-refractivity contribution in [3.05, 3.63) is 29.3 Å². The van der Waals surface area contributed by atoms with Gasteiger partial charge in [-0.15, -0.1) is 0 Å². The van der Waals surface area contributed by atoms with Crippen LogP contribution in [0.5, 0.6) is 0 Å². The van der Waals surface area contributed by atoms with E-state index in [1.165, 1.54) is 49.3 Å². The molecule has 0 aliphatic carbocycles. The van der Waals surface area contributed by atoms with Crippen molar-refractivity contribution >= 4 is 5.69 Å². The Bertz CT molecular complexity index is 365. The fourth-order valence-electron chi connectivity index (χ4n) is 2.50. The van der Waals surface area contributed by atoms with Crippen LogP contribution in [-0.2, 0) is 0 Å². The molecule has 1 aliphatic heterocycles. The van der Waals surface area contributed by atoms with Crippen LogP contribution in [0.15, 0.2) is 18.2 Å². The standard InChI is InChI=1S/C15H24N2/c1-4-17-9-7-14(8-10-17)16-15-11-12(2)5-6-13(15)3/h5-6,11,14,16H,4,7-10H2,1-3H3. The third-order valence-electron chi connectivity index (χ3n) is 3.79. The molecule has 1 aliphatic rings. The fourth-order valence-corrected chi connectivity index (χ4v) is 2.50. The molecule has 1 aromatic rings. The summed E-state index contributed by atoms with van der Waals surface area (Å²) in [6, 6.07) is 7.30. The summed E-state index contributed by atoms with van der Waals surface area (Å²) in [6.45, 7) is 10.2. The van der Waals surface area contributed by atoms with Gasteiger partial charge in [-0.1, -0.05) is 19.1 Å². The lowest BCUT2D eigenvalue weighted by atomic mass is 10.0. The molecule has 0 atom stereocenters. The van der Waals surface area contributed by atoms with Crippen LogP contribution in [0, 0.1) is 13.8 Å². The number of aryl methyl sites for hydroxylation is 2. The van der Waals surface area contributed by atoms with E-state index in [1.54, 1.807) is 0 Å². The quantitative estimate of drug-likeness (QED) is 0.861. The average molecular weight is 232 g/mol. The Kier molecular flexibility index (Phi) is 4.06. The highest BCUT2D eigenvalue weighted by Crippen LogP contribution is 2.21. The topological polar surface area (TPSA) is 15.3 Å². The molecular weight excluding hydrogens is 208 g/mol. The molecule has 0 radical (unpaired) electrons. The van der Waals surface area contributed by atoms with Gasteiger partial charge in [0.25, 0.3) is 0 Å². The Morgan fingerprint density at radius 1 is 1.24 bits per heavy atom.